The maximum atomic E-state index is 13.2. The molecule has 5 aliphatic heterocycles. The average Bonchev–Trinajstić information content (AvgIpc) is 3.93. The zero-order chi connectivity index (χ0) is 41.4. The van der Waals surface area contributed by atoms with E-state index in [1.165, 1.54) is 14.0 Å². The van der Waals surface area contributed by atoms with Crippen molar-refractivity contribution in [2.45, 2.75) is 78.9 Å². The number of ketones is 1. The Kier molecular flexibility index (Phi) is 9.72. The number of esters is 1. The van der Waals surface area contributed by atoms with E-state index in [0.717, 1.165) is 11.1 Å². The molecule has 17 heteroatoms. The lowest BCUT2D eigenvalue weighted by molar-refractivity contribution is -0.197. The summed E-state index contributed by atoms with van der Waals surface area (Å²) in [7, 11) is -3.70. The third kappa shape index (κ3) is 6.49. The van der Waals surface area contributed by atoms with Crippen LogP contribution in [0, 0.1) is 12.8 Å². The van der Waals surface area contributed by atoms with Crippen LogP contribution in [-0.2, 0) is 38.9 Å². The van der Waals surface area contributed by atoms with Crippen LogP contribution in [0.1, 0.15) is 82.6 Å². The maximum Gasteiger partial charge on any atom is 0.333 e. The summed E-state index contributed by atoms with van der Waals surface area (Å²) in [6.45, 7) is 10.9. The largest absolute Gasteiger partial charge is 0.511 e. The molecule has 6 heterocycles. The lowest BCUT2D eigenvalue weighted by Crippen LogP contribution is -2.36. The van der Waals surface area contributed by atoms with Crippen LogP contribution in [0.25, 0.3) is 12.2 Å². The molecule has 1 fully saturated rings. The van der Waals surface area contributed by atoms with Crippen molar-refractivity contribution < 1.29 is 51.6 Å². The number of amides is 2. The summed E-state index contributed by atoms with van der Waals surface area (Å²) in [4.78, 5) is 87.6. The van der Waals surface area contributed by atoms with Crippen LogP contribution in [0.4, 0.5) is 0 Å². The van der Waals surface area contributed by atoms with Gasteiger partial charge in [-0.3, -0.25) is 23.7 Å². The Morgan fingerprint density at radius 2 is 1.61 bits per heavy atom. The molecule has 0 radical (unpaired) electrons. The molecule has 1 aromatic heterocycles. The number of hydroxylamine groups is 2. The zero-order valence-corrected chi connectivity index (χ0v) is 33.0. The number of carbonyl (C=O) groups excluding carboxylic acids is 5. The summed E-state index contributed by atoms with van der Waals surface area (Å²) in [6, 6.07) is 0. The molecule has 16 nitrogen and oxygen atoms in total. The molecule has 0 aromatic carbocycles. The fourth-order valence-electron chi connectivity index (χ4n) is 8.06. The van der Waals surface area contributed by atoms with E-state index in [1.807, 2.05) is 39.8 Å². The second-order valence-electron chi connectivity index (χ2n) is 14.4. The monoisotopic (exact) mass is 797 g/mol. The second-order valence-corrected chi connectivity index (χ2v) is 16.0. The van der Waals surface area contributed by atoms with Crippen LogP contribution in [0.15, 0.2) is 82.9 Å². The number of hydrogen-bond acceptors (Lipinski definition) is 13. The quantitative estimate of drug-likeness (QED) is 0.142. The molecule has 1 unspecified atom stereocenters. The number of hydrogen-bond donors (Lipinski definition) is 3. The second kappa shape index (κ2) is 14.1. The predicted octanol–water partition coefficient (Wildman–Crippen LogP) is 3.18. The number of aromatic nitrogens is 1. The van der Waals surface area contributed by atoms with Crippen LogP contribution in [0.2, 0.25) is 0 Å². The number of imide groups is 1. The van der Waals surface area contributed by atoms with Crippen LogP contribution < -0.4 is 10.7 Å². The van der Waals surface area contributed by atoms with Crippen LogP contribution in [-0.4, -0.2) is 87.2 Å². The van der Waals surface area contributed by atoms with Crippen LogP contribution in [0.5, 0.6) is 0 Å². The highest BCUT2D eigenvalue weighted by Crippen LogP contribution is 2.48. The Bertz CT molecular complexity index is 2710. The third-order valence-corrected chi connectivity index (χ3v) is 12.2. The minimum Gasteiger partial charge on any atom is -0.511 e. The number of aliphatic imine (C=N–C) groups is 3. The van der Waals surface area contributed by atoms with Crippen molar-refractivity contribution in [1.82, 2.24) is 10.0 Å². The highest BCUT2D eigenvalue weighted by atomic mass is 32.2. The summed E-state index contributed by atoms with van der Waals surface area (Å²) in [5.74, 6) is -5.40. The van der Waals surface area contributed by atoms with E-state index in [1.54, 1.807) is 13.0 Å². The number of carbonyl (C=O) groups is 5. The minimum absolute atomic E-state index is 0.0424. The molecule has 8 bridgehead atoms. The third-order valence-electron chi connectivity index (χ3n) is 11.1. The van der Waals surface area contributed by atoms with Gasteiger partial charge in [0.15, 0.2) is 11.0 Å². The number of aliphatic hydroxyl groups is 1. The Balaban J connectivity index is 1.42. The van der Waals surface area contributed by atoms with Gasteiger partial charge in [-0.1, -0.05) is 6.92 Å². The van der Waals surface area contributed by atoms with E-state index >= 15 is 0 Å². The van der Waals surface area contributed by atoms with Gasteiger partial charge in [0.05, 0.1) is 71.9 Å². The SMILES string of the molecule is CCC1=C(C)C2=NC1=CC1=C(C)C3=C(O)[C@H](CC(=O)OC)C(=C4N=C(C=c5[nH]c(c(C(C)=O)c5C)=C2)C(C)=C4CCC(=O)ON2C(=O)CC(S(=O)(=O)O)C2=O)C3=N1. The van der Waals surface area contributed by atoms with E-state index in [-0.39, 0.29) is 29.4 Å². The molecule has 0 spiro atoms. The van der Waals surface area contributed by atoms with Gasteiger partial charge in [0.2, 0.25) is 0 Å². The van der Waals surface area contributed by atoms with Crippen molar-refractivity contribution in [3.63, 3.8) is 0 Å². The highest BCUT2D eigenvalue weighted by Gasteiger charge is 2.49. The summed E-state index contributed by atoms with van der Waals surface area (Å²) >= 11 is 0. The first-order valence-electron chi connectivity index (χ1n) is 18.2. The normalized spacial score (nSPS) is 21.6. The van der Waals surface area contributed by atoms with Crippen molar-refractivity contribution in [3.05, 3.63) is 89.8 Å². The van der Waals surface area contributed by atoms with Crippen molar-refractivity contribution in [2.75, 3.05) is 7.11 Å². The van der Waals surface area contributed by atoms with Crippen molar-refractivity contribution in [2.24, 2.45) is 20.9 Å². The van der Waals surface area contributed by atoms with Gasteiger partial charge in [-0.25, -0.2) is 19.8 Å². The molecule has 7 rings (SSSR count). The summed E-state index contributed by atoms with van der Waals surface area (Å²) in [5, 5.41) is 11.0. The van der Waals surface area contributed by atoms with Gasteiger partial charge in [-0.05, 0) is 99.1 Å². The Morgan fingerprint density at radius 3 is 2.25 bits per heavy atom. The molecule has 1 aromatic rings. The zero-order valence-electron chi connectivity index (χ0n) is 32.2. The fraction of sp³-hybridized carbons (Fsp3) is 0.350. The van der Waals surface area contributed by atoms with Crippen molar-refractivity contribution >= 4 is 68.9 Å². The summed E-state index contributed by atoms with van der Waals surface area (Å²) in [6.07, 6.45) is 4.41. The predicted molar refractivity (Wildman–Crippen MR) is 206 cm³/mol. The first kappa shape index (κ1) is 39.2. The van der Waals surface area contributed by atoms with Crippen molar-refractivity contribution in [1.29, 1.82) is 0 Å². The molecule has 296 valence electrons. The number of Topliss-reactive ketones (excluding diaryl/α,β-unsaturated/α-hetero) is 1. The van der Waals surface area contributed by atoms with Crippen molar-refractivity contribution in [3.8, 4) is 0 Å². The number of aromatic amines is 1. The van der Waals surface area contributed by atoms with E-state index in [0.29, 0.717) is 90.3 Å². The number of ether oxygens (including phenoxy) is 1. The summed E-state index contributed by atoms with van der Waals surface area (Å²) in [5.41, 5.74) is 8.55. The topological polar surface area (TPSA) is 235 Å². The van der Waals surface area contributed by atoms with Gasteiger partial charge in [0, 0.05) is 22.1 Å². The Hall–Kier alpha value is -6.07. The first-order valence-corrected chi connectivity index (χ1v) is 19.7. The molecule has 3 N–H and O–H groups in total. The molecule has 1 aliphatic carbocycles. The summed E-state index contributed by atoms with van der Waals surface area (Å²) < 4.78 is 37.7. The van der Waals surface area contributed by atoms with E-state index in [4.69, 9.17) is 24.6 Å². The molecule has 1 saturated heterocycles. The first-order chi connectivity index (χ1) is 26.9. The number of H-pyrrole nitrogens is 1. The van der Waals surface area contributed by atoms with Gasteiger partial charge in [-0.15, -0.1) is 5.06 Å². The maximum absolute atomic E-state index is 13.2. The van der Waals surface area contributed by atoms with Crippen LogP contribution in [0.3, 0.4) is 0 Å². The van der Waals surface area contributed by atoms with Gasteiger partial charge < -0.3 is 19.7 Å². The molecule has 2 atom stereocenters. The van der Waals surface area contributed by atoms with E-state index in [2.05, 4.69) is 4.98 Å². The van der Waals surface area contributed by atoms with E-state index < -0.39 is 57.9 Å². The Labute approximate surface area is 326 Å². The van der Waals surface area contributed by atoms with Gasteiger partial charge >= 0.3 is 11.9 Å². The Morgan fingerprint density at radius 1 is 0.947 bits per heavy atom. The molecule has 2 amide bonds. The number of allylic oxidation sites excluding steroid dienone is 8. The lowest BCUT2D eigenvalue weighted by atomic mass is 9.90. The van der Waals surface area contributed by atoms with Crippen LogP contribution >= 0.6 is 0 Å². The fourth-order valence-corrected chi connectivity index (χ4v) is 8.76. The standard InChI is InChI=1S/C40H39N5O11S/c1-8-21-16(2)24-14-29-34(20(6)46)18(4)26(42-29)12-25-17(3)22(9-10-32(48)56-45-31(47)15-30(40(45)51)57(52,53)54)37(43-25)36-23(11-33(49)55-7)39(50)35-19(5)27(44-38(35)36)13-28(21)41-24/h12-14,23,30,42,50H,8-11,15H2,1-7H3,(H,52,53,54)/t23-,30?/m1/s1. The molecule has 6 aliphatic rings. The molecular formula is C40H39N5O11S. The number of nitrogens with zero attached hydrogens (tertiary/aromatic N) is 4. The van der Waals surface area contributed by atoms with Gasteiger partial charge in [-0.2, -0.15) is 8.42 Å². The number of aliphatic hydroxyl groups excluding tert-OH is 1. The number of methoxy groups -OCH3 is 1. The number of nitrogens with one attached hydrogen (secondary N) is 1. The number of fused-ring (bicyclic) bond motifs is 5. The average molecular weight is 798 g/mol. The molecular weight excluding hydrogens is 759 g/mol. The lowest BCUT2D eigenvalue weighted by Gasteiger charge is -2.17. The molecule has 0 saturated carbocycles. The highest BCUT2D eigenvalue weighted by molar-refractivity contribution is 7.87. The van der Waals surface area contributed by atoms with E-state index in [9.17, 15) is 42.0 Å². The smallest absolute Gasteiger partial charge is 0.333 e. The molecule has 57 heavy (non-hydrogen) atoms. The number of rotatable bonds is 9. The van der Waals surface area contributed by atoms with Gasteiger partial charge in [0.25, 0.3) is 21.9 Å². The minimum atomic E-state index is -4.93. The van der Waals surface area contributed by atoms with Gasteiger partial charge in [0.1, 0.15) is 5.76 Å².